The number of nitrogens with two attached hydrogens (primary N) is 1. The SMILES string of the molecule is Cc1nc(-c2cccs2)sc1C(=O)N1CCC(C(N)=O)CC1. The number of piperidine rings is 1. The lowest BCUT2D eigenvalue weighted by molar-refractivity contribution is -0.123. The minimum absolute atomic E-state index is 0.0146. The van der Waals surface area contributed by atoms with Crippen molar-refractivity contribution < 1.29 is 9.59 Å². The predicted molar refractivity (Wildman–Crippen MR) is 88.0 cm³/mol. The van der Waals surface area contributed by atoms with Crippen molar-refractivity contribution >= 4 is 34.5 Å². The van der Waals surface area contributed by atoms with Crippen molar-refractivity contribution in [1.29, 1.82) is 0 Å². The van der Waals surface area contributed by atoms with E-state index in [1.807, 2.05) is 24.4 Å². The molecule has 7 heteroatoms. The van der Waals surface area contributed by atoms with Gasteiger partial charge in [0.25, 0.3) is 5.91 Å². The van der Waals surface area contributed by atoms with E-state index in [2.05, 4.69) is 4.98 Å². The second kappa shape index (κ2) is 6.18. The molecule has 0 bridgehead atoms. The van der Waals surface area contributed by atoms with E-state index in [-0.39, 0.29) is 17.7 Å². The number of thiazole rings is 1. The summed E-state index contributed by atoms with van der Waals surface area (Å²) in [6.07, 6.45) is 1.30. The summed E-state index contributed by atoms with van der Waals surface area (Å²) in [4.78, 5) is 32.0. The molecule has 0 saturated carbocycles. The monoisotopic (exact) mass is 335 g/mol. The van der Waals surface area contributed by atoms with Gasteiger partial charge in [0.05, 0.1) is 10.6 Å². The number of thiophene rings is 1. The highest BCUT2D eigenvalue weighted by molar-refractivity contribution is 7.22. The summed E-state index contributed by atoms with van der Waals surface area (Å²) in [5.41, 5.74) is 6.11. The van der Waals surface area contributed by atoms with Crippen LogP contribution in [0.4, 0.5) is 0 Å². The molecule has 0 radical (unpaired) electrons. The highest BCUT2D eigenvalue weighted by atomic mass is 32.1. The molecule has 0 aromatic carbocycles. The Hall–Kier alpha value is -1.73. The Balaban J connectivity index is 1.75. The molecule has 3 rings (SSSR count). The van der Waals surface area contributed by atoms with Crippen molar-refractivity contribution in [3.8, 4) is 9.88 Å². The molecule has 2 aromatic rings. The summed E-state index contributed by atoms with van der Waals surface area (Å²) >= 11 is 3.06. The lowest BCUT2D eigenvalue weighted by atomic mass is 9.96. The van der Waals surface area contributed by atoms with Gasteiger partial charge in [0.1, 0.15) is 9.88 Å². The standard InChI is InChI=1S/C15H17N3O2S2/c1-9-12(22-14(17-9)11-3-2-8-21-11)15(20)18-6-4-10(5-7-18)13(16)19/h2-3,8,10H,4-7H2,1H3,(H2,16,19). The minimum atomic E-state index is -0.263. The molecule has 0 spiro atoms. The van der Waals surface area contributed by atoms with E-state index in [1.54, 1.807) is 16.2 Å². The van der Waals surface area contributed by atoms with Crippen LogP contribution >= 0.6 is 22.7 Å². The summed E-state index contributed by atoms with van der Waals surface area (Å²) in [7, 11) is 0. The average Bonchev–Trinajstić information content (AvgIpc) is 3.16. The quantitative estimate of drug-likeness (QED) is 0.936. The van der Waals surface area contributed by atoms with Crippen LogP contribution in [0.2, 0.25) is 0 Å². The van der Waals surface area contributed by atoms with Gasteiger partial charge in [0.2, 0.25) is 5.91 Å². The Kier molecular flexibility index (Phi) is 4.26. The fourth-order valence-corrected chi connectivity index (χ4v) is 4.44. The van der Waals surface area contributed by atoms with Gasteiger partial charge < -0.3 is 10.6 Å². The number of hydrogen-bond donors (Lipinski definition) is 1. The average molecular weight is 335 g/mol. The third-order valence-corrected chi connectivity index (χ3v) is 6.09. The highest BCUT2D eigenvalue weighted by Gasteiger charge is 2.28. The number of rotatable bonds is 3. The summed E-state index contributed by atoms with van der Waals surface area (Å²) in [5.74, 6) is -0.352. The summed E-state index contributed by atoms with van der Waals surface area (Å²) in [5, 5.41) is 2.89. The molecule has 1 aliphatic heterocycles. The van der Waals surface area contributed by atoms with Crippen LogP contribution in [0, 0.1) is 12.8 Å². The molecule has 0 unspecified atom stereocenters. The molecule has 3 heterocycles. The fraction of sp³-hybridized carbons (Fsp3) is 0.400. The Morgan fingerprint density at radius 3 is 2.68 bits per heavy atom. The first kappa shape index (κ1) is 15.2. The van der Waals surface area contributed by atoms with Gasteiger partial charge >= 0.3 is 0 Å². The van der Waals surface area contributed by atoms with Gasteiger partial charge in [-0.1, -0.05) is 6.07 Å². The zero-order valence-corrected chi connectivity index (χ0v) is 13.9. The molecular weight excluding hydrogens is 318 g/mol. The molecule has 1 saturated heterocycles. The number of carbonyl (C=O) groups excluding carboxylic acids is 2. The van der Waals surface area contributed by atoms with E-state index in [0.29, 0.717) is 30.8 Å². The predicted octanol–water partition coefficient (Wildman–Crippen LogP) is 2.52. The Morgan fingerprint density at radius 2 is 2.09 bits per heavy atom. The number of likely N-dealkylation sites (tertiary alicyclic amines) is 1. The molecular formula is C15H17N3O2S2. The molecule has 22 heavy (non-hydrogen) atoms. The molecule has 2 amide bonds. The Morgan fingerprint density at radius 1 is 1.36 bits per heavy atom. The Labute approximate surface area is 136 Å². The maximum absolute atomic E-state index is 12.7. The fourth-order valence-electron chi connectivity index (χ4n) is 2.61. The van der Waals surface area contributed by atoms with Gasteiger partial charge in [-0.2, -0.15) is 0 Å². The van der Waals surface area contributed by atoms with Crippen LogP contribution in [0.25, 0.3) is 9.88 Å². The van der Waals surface area contributed by atoms with E-state index in [0.717, 1.165) is 15.6 Å². The van der Waals surface area contributed by atoms with Crippen LogP contribution in [0.3, 0.4) is 0 Å². The molecule has 2 aromatic heterocycles. The van der Waals surface area contributed by atoms with Gasteiger partial charge in [-0.25, -0.2) is 4.98 Å². The van der Waals surface area contributed by atoms with Gasteiger partial charge in [0, 0.05) is 19.0 Å². The van der Waals surface area contributed by atoms with Crippen molar-refractivity contribution in [2.24, 2.45) is 11.7 Å². The highest BCUT2D eigenvalue weighted by Crippen LogP contribution is 2.32. The van der Waals surface area contributed by atoms with E-state index < -0.39 is 0 Å². The van der Waals surface area contributed by atoms with Crippen LogP contribution in [0.5, 0.6) is 0 Å². The van der Waals surface area contributed by atoms with Crippen molar-refractivity contribution in [3.05, 3.63) is 28.1 Å². The molecule has 0 atom stereocenters. The second-order valence-electron chi connectivity index (χ2n) is 5.38. The number of primary amides is 1. The van der Waals surface area contributed by atoms with Crippen LogP contribution in [0.1, 0.15) is 28.2 Å². The number of aryl methyl sites for hydroxylation is 1. The largest absolute Gasteiger partial charge is 0.369 e. The summed E-state index contributed by atoms with van der Waals surface area (Å²) < 4.78 is 0. The maximum atomic E-state index is 12.7. The first-order valence-electron chi connectivity index (χ1n) is 7.16. The lowest BCUT2D eigenvalue weighted by Crippen LogP contribution is -2.41. The summed E-state index contributed by atoms with van der Waals surface area (Å²) in [6.45, 7) is 3.03. The normalized spacial score (nSPS) is 16.0. The summed E-state index contributed by atoms with van der Waals surface area (Å²) in [6, 6.07) is 3.99. The molecule has 0 aliphatic carbocycles. The topological polar surface area (TPSA) is 76.3 Å². The smallest absolute Gasteiger partial charge is 0.265 e. The van der Waals surface area contributed by atoms with E-state index >= 15 is 0 Å². The number of hydrogen-bond acceptors (Lipinski definition) is 5. The molecule has 2 N–H and O–H groups in total. The maximum Gasteiger partial charge on any atom is 0.265 e. The second-order valence-corrected chi connectivity index (χ2v) is 7.33. The van der Waals surface area contributed by atoms with Crippen LogP contribution in [0.15, 0.2) is 17.5 Å². The zero-order chi connectivity index (χ0) is 15.7. The number of amides is 2. The first-order valence-corrected chi connectivity index (χ1v) is 8.85. The number of nitrogens with zero attached hydrogens (tertiary/aromatic N) is 2. The Bertz CT molecular complexity index is 686. The van der Waals surface area contributed by atoms with Crippen molar-refractivity contribution in [1.82, 2.24) is 9.88 Å². The van der Waals surface area contributed by atoms with Crippen LogP contribution in [-0.2, 0) is 4.79 Å². The molecule has 5 nitrogen and oxygen atoms in total. The van der Waals surface area contributed by atoms with Crippen LogP contribution in [-0.4, -0.2) is 34.8 Å². The lowest BCUT2D eigenvalue weighted by Gasteiger charge is -2.30. The van der Waals surface area contributed by atoms with Gasteiger partial charge in [-0.3, -0.25) is 9.59 Å². The zero-order valence-electron chi connectivity index (χ0n) is 12.2. The van der Waals surface area contributed by atoms with E-state index in [1.165, 1.54) is 11.3 Å². The van der Waals surface area contributed by atoms with Crippen molar-refractivity contribution in [3.63, 3.8) is 0 Å². The van der Waals surface area contributed by atoms with Crippen molar-refractivity contribution in [2.45, 2.75) is 19.8 Å². The third kappa shape index (κ3) is 2.91. The first-order chi connectivity index (χ1) is 10.6. The number of carbonyl (C=O) groups is 2. The molecule has 1 fully saturated rings. The third-order valence-electron chi connectivity index (χ3n) is 3.91. The number of aromatic nitrogens is 1. The van der Waals surface area contributed by atoms with E-state index in [9.17, 15) is 9.59 Å². The van der Waals surface area contributed by atoms with E-state index in [4.69, 9.17) is 5.73 Å². The van der Waals surface area contributed by atoms with Crippen LogP contribution < -0.4 is 5.73 Å². The van der Waals surface area contributed by atoms with Crippen molar-refractivity contribution in [2.75, 3.05) is 13.1 Å². The van der Waals surface area contributed by atoms with Gasteiger partial charge in [-0.05, 0) is 31.2 Å². The molecule has 116 valence electrons. The van der Waals surface area contributed by atoms with Gasteiger partial charge in [-0.15, -0.1) is 22.7 Å². The molecule has 1 aliphatic rings. The minimum Gasteiger partial charge on any atom is -0.369 e. The van der Waals surface area contributed by atoms with Gasteiger partial charge in [0.15, 0.2) is 0 Å².